The molecule has 4 heterocycles. The number of ether oxygens (including phenoxy) is 1. The fraction of sp³-hybridized carbons (Fsp3) is 0.333. The van der Waals surface area contributed by atoms with E-state index in [1.54, 1.807) is 4.68 Å². The Balaban J connectivity index is 1.53. The third kappa shape index (κ3) is 3.32. The zero-order valence-electron chi connectivity index (χ0n) is 16.5. The number of carbonyl (C=O) groups excluding carboxylic acids is 1. The second-order valence-corrected chi connectivity index (χ2v) is 7.84. The minimum absolute atomic E-state index is 0.0773. The van der Waals surface area contributed by atoms with E-state index in [0.29, 0.717) is 36.3 Å². The number of carbonyl (C=O) groups is 1. The van der Waals surface area contributed by atoms with Gasteiger partial charge in [0.1, 0.15) is 5.82 Å². The van der Waals surface area contributed by atoms with Gasteiger partial charge in [0.05, 0.1) is 18.9 Å². The van der Waals surface area contributed by atoms with Gasteiger partial charge in [-0.25, -0.2) is 0 Å². The molecule has 1 fully saturated rings. The number of rotatable bonds is 3. The number of fused-ring (bicyclic) bond motifs is 1. The fourth-order valence-electron chi connectivity index (χ4n) is 4.13. The summed E-state index contributed by atoms with van der Waals surface area (Å²) in [5.74, 6) is 1.75. The van der Waals surface area contributed by atoms with E-state index in [1.165, 1.54) is 0 Å². The molecule has 0 saturated carbocycles. The predicted octanol–water partition coefficient (Wildman–Crippen LogP) is 2.93. The van der Waals surface area contributed by atoms with Crippen LogP contribution in [0.25, 0.3) is 5.82 Å². The molecule has 0 radical (unpaired) electrons. The summed E-state index contributed by atoms with van der Waals surface area (Å²) >= 11 is 6.44. The maximum absolute atomic E-state index is 12.5. The molecule has 3 aromatic rings. The van der Waals surface area contributed by atoms with Crippen LogP contribution in [0.1, 0.15) is 29.2 Å². The van der Waals surface area contributed by atoms with E-state index in [0.717, 1.165) is 35.7 Å². The molecule has 154 valence electrons. The van der Waals surface area contributed by atoms with Crippen molar-refractivity contribution in [3.05, 3.63) is 58.2 Å². The quantitative estimate of drug-likeness (QED) is 0.695. The van der Waals surface area contributed by atoms with Gasteiger partial charge in [-0.05, 0) is 30.7 Å². The van der Waals surface area contributed by atoms with Gasteiger partial charge in [-0.15, -0.1) is 10.2 Å². The molecule has 2 aromatic heterocycles. The number of amides is 1. The number of aryl methyl sites for hydroxylation is 1. The van der Waals surface area contributed by atoms with E-state index in [9.17, 15) is 4.79 Å². The average molecular weight is 425 g/mol. The van der Waals surface area contributed by atoms with Crippen molar-refractivity contribution in [1.29, 1.82) is 0 Å². The standard InChI is InChI=1S/C21H21ClN6O2/c1-13-20-15(14-4-2-3-5-16(14)22)12-19(29)23-21(20)28(26-13)18-7-6-17(24-25-18)27-8-10-30-11-9-27/h2-7,15H,8-12H2,1H3,(H,23,29)/t15-/m1/s1. The SMILES string of the molecule is Cc1nn(-c2ccc(N3CCOCC3)nn2)c2c1[C@@H](c1ccccc1Cl)CC(=O)N2. The zero-order chi connectivity index (χ0) is 20.7. The first kappa shape index (κ1) is 19.0. The van der Waals surface area contributed by atoms with Crippen LogP contribution < -0.4 is 10.2 Å². The fourth-order valence-corrected chi connectivity index (χ4v) is 4.40. The third-order valence-electron chi connectivity index (χ3n) is 5.57. The lowest BCUT2D eigenvalue weighted by molar-refractivity contribution is -0.116. The predicted molar refractivity (Wildman–Crippen MR) is 113 cm³/mol. The zero-order valence-corrected chi connectivity index (χ0v) is 17.3. The van der Waals surface area contributed by atoms with Gasteiger partial charge < -0.3 is 15.0 Å². The lowest BCUT2D eigenvalue weighted by Crippen LogP contribution is -2.36. The summed E-state index contributed by atoms with van der Waals surface area (Å²) in [6, 6.07) is 11.4. The Kier molecular flexibility index (Phi) is 4.88. The van der Waals surface area contributed by atoms with Crippen LogP contribution in [0.2, 0.25) is 5.02 Å². The van der Waals surface area contributed by atoms with E-state index in [1.807, 2.05) is 43.3 Å². The van der Waals surface area contributed by atoms with E-state index >= 15 is 0 Å². The highest BCUT2D eigenvalue weighted by molar-refractivity contribution is 6.31. The summed E-state index contributed by atoms with van der Waals surface area (Å²) in [7, 11) is 0. The highest BCUT2D eigenvalue weighted by Gasteiger charge is 2.33. The molecular weight excluding hydrogens is 404 g/mol. The van der Waals surface area contributed by atoms with Crippen molar-refractivity contribution in [3.8, 4) is 5.82 Å². The Morgan fingerprint density at radius 3 is 2.57 bits per heavy atom. The first-order chi connectivity index (χ1) is 14.6. The number of aromatic nitrogens is 4. The van der Waals surface area contributed by atoms with Crippen molar-refractivity contribution < 1.29 is 9.53 Å². The van der Waals surface area contributed by atoms with Crippen LogP contribution in [0, 0.1) is 6.92 Å². The minimum atomic E-state index is -0.156. The summed E-state index contributed by atoms with van der Waals surface area (Å²) in [5, 5.41) is 17.0. The van der Waals surface area contributed by atoms with Gasteiger partial charge in [0.15, 0.2) is 11.6 Å². The number of nitrogens with one attached hydrogen (secondary N) is 1. The summed E-state index contributed by atoms with van der Waals surface area (Å²) in [5.41, 5.74) is 2.71. The number of nitrogens with zero attached hydrogens (tertiary/aromatic N) is 5. The molecule has 0 aliphatic carbocycles. The van der Waals surface area contributed by atoms with Crippen LogP contribution in [-0.4, -0.2) is 52.2 Å². The number of morpholine rings is 1. The van der Waals surface area contributed by atoms with Crippen LogP contribution in [0.4, 0.5) is 11.6 Å². The maximum Gasteiger partial charge on any atom is 0.226 e. The Bertz CT molecular complexity index is 1090. The van der Waals surface area contributed by atoms with Crippen LogP contribution in [-0.2, 0) is 9.53 Å². The Hall–Kier alpha value is -2.97. The maximum atomic E-state index is 12.5. The lowest BCUT2D eigenvalue weighted by Gasteiger charge is -2.27. The lowest BCUT2D eigenvalue weighted by atomic mass is 9.86. The van der Waals surface area contributed by atoms with Gasteiger partial charge in [0.2, 0.25) is 5.91 Å². The van der Waals surface area contributed by atoms with Crippen LogP contribution in [0.3, 0.4) is 0 Å². The second-order valence-electron chi connectivity index (χ2n) is 7.44. The Morgan fingerprint density at radius 2 is 1.83 bits per heavy atom. The van der Waals surface area contributed by atoms with Crippen LogP contribution in [0.15, 0.2) is 36.4 Å². The van der Waals surface area contributed by atoms with Crippen molar-refractivity contribution in [1.82, 2.24) is 20.0 Å². The monoisotopic (exact) mass is 424 g/mol. The molecule has 1 N–H and O–H groups in total. The molecule has 8 nitrogen and oxygen atoms in total. The average Bonchev–Trinajstić information content (AvgIpc) is 3.10. The van der Waals surface area contributed by atoms with Gasteiger partial charge in [-0.3, -0.25) is 4.79 Å². The van der Waals surface area contributed by atoms with Crippen molar-refractivity contribution in [2.24, 2.45) is 0 Å². The summed E-state index contributed by atoms with van der Waals surface area (Å²) in [4.78, 5) is 14.7. The van der Waals surface area contributed by atoms with E-state index in [-0.39, 0.29) is 11.8 Å². The summed E-state index contributed by atoms with van der Waals surface area (Å²) < 4.78 is 7.05. The first-order valence-corrected chi connectivity index (χ1v) is 10.3. The smallest absolute Gasteiger partial charge is 0.226 e. The number of anilines is 2. The molecule has 2 aliphatic rings. The van der Waals surface area contributed by atoms with Gasteiger partial charge in [-0.1, -0.05) is 29.8 Å². The number of benzene rings is 1. The van der Waals surface area contributed by atoms with Crippen LogP contribution >= 0.6 is 11.6 Å². The molecule has 0 spiro atoms. The topological polar surface area (TPSA) is 85.2 Å². The largest absolute Gasteiger partial charge is 0.378 e. The van der Waals surface area contributed by atoms with Crippen molar-refractivity contribution in [2.75, 3.05) is 36.5 Å². The molecule has 0 unspecified atom stereocenters. The third-order valence-corrected chi connectivity index (χ3v) is 5.92. The highest BCUT2D eigenvalue weighted by atomic mass is 35.5. The van der Waals surface area contributed by atoms with Gasteiger partial charge in [0.25, 0.3) is 0 Å². The number of halogens is 1. The second kappa shape index (κ2) is 7.70. The molecule has 5 rings (SSSR count). The molecular formula is C21H21ClN6O2. The van der Waals surface area contributed by atoms with Gasteiger partial charge in [0, 0.05) is 36.0 Å². The number of hydrogen-bond donors (Lipinski definition) is 1. The molecule has 2 aliphatic heterocycles. The van der Waals surface area contributed by atoms with Gasteiger partial charge >= 0.3 is 0 Å². The normalized spacial score (nSPS) is 18.8. The highest BCUT2D eigenvalue weighted by Crippen LogP contribution is 2.42. The first-order valence-electron chi connectivity index (χ1n) is 9.92. The van der Waals surface area contributed by atoms with E-state index < -0.39 is 0 Å². The van der Waals surface area contributed by atoms with Gasteiger partial charge in [-0.2, -0.15) is 9.78 Å². The molecule has 1 amide bonds. The van der Waals surface area contributed by atoms with Crippen molar-refractivity contribution >= 4 is 29.1 Å². The minimum Gasteiger partial charge on any atom is -0.378 e. The van der Waals surface area contributed by atoms with E-state index in [4.69, 9.17) is 16.3 Å². The summed E-state index contributed by atoms with van der Waals surface area (Å²) in [6.45, 7) is 4.89. The molecule has 1 aromatic carbocycles. The molecule has 1 atom stereocenters. The van der Waals surface area contributed by atoms with E-state index in [2.05, 4.69) is 25.5 Å². The summed E-state index contributed by atoms with van der Waals surface area (Å²) in [6.07, 6.45) is 0.324. The number of hydrogen-bond acceptors (Lipinski definition) is 6. The molecule has 9 heteroatoms. The molecule has 1 saturated heterocycles. The molecule has 0 bridgehead atoms. The Morgan fingerprint density at radius 1 is 1.10 bits per heavy atom. The molecule has 30 heavy (non-hydrogen) atoms. The van der Waals surface area contributed by atoms with Crippen molar-refractivity contribution in [2.45, 2.75) is 19.3 Å². The van der Waals surface area contributed by atoms with Crippen molar-refractivity contribution in [3.63, 3.8) is 0 Å². The van der Waals surface area contributed by atoms with Crippen LogP contribution in [0.5, 0.6) is 0 Å². The Labute approximate surface area is 178 Å².